The Labute approximate surface area is 159 Å². The number of rotatable bonds is 4. The molecule has 0 aliphatic heterocycles. The van der Waals surface area contributed by atoms with Crippen molar-refractivity contribution in [1.82, 2.24) is 10.2 Å². The Morgan fingerprint density at radius 1 is 1.11 bits per heavy atom. The fourth-order valence-electron chi connectivity index (χ4n) is 2.16. The molecule has 3 aromatic rings. The van der Waals surface area contributed by atoms with Crippen molar-refractivity contribution in [2.24, 2.45) is 0 Å². The largest absolute Gasteiger partial charge is 0.417 e. The highest BCUT2D eigenvalue weighted by atomic mass is 35.5. The van der Waals surface area contributed by atoms with Gasteiger partial charge < -0.3 is 5.32 Å². The molecule has 142 valence electrons. The molecule has 5 nitrogen and oxygen atoms in total. The third-order valence-electron chi connectivity index (χ3n) is 3.39. The van der Waals surface area contributed by atoms with E-state index < -0.39 is 42.2 Å². The molecule has 3 rings (SSSR count). The highest BCUT2D eigenvalue weighted by molar-refractivity contribution is 7.91. The van der Waals surface area contributed by atoms with E-state index in [4.69, 9.17) is 11.6 Å². The summed E-state index contributed by atoms with van der Waals surface area (Å²) in [5.41, 5.74) is 0.325. The zero-order valence-corrected chi connectivity index (χ0v) is 15.3. The van der Waals surface area contributed by atoms with Gasteiger partial charge in [-0.05, 0) is 36.4 Å². The van der Waals surface area contributed by atoms with Gasteiger partial charge in [0.05, 0.1) is 15.5 Å². The molecule has 1 aromatic heterocycles. The van der Waals surface area contributed by atoms with Crippen LogP contribution in [-0.2, 0) is 16.0 Å². The average molecular weight is 438 g/mol. The summed E-state index contributed by atoms with van der Waals surface area (Å²) in [6.07, 6.45) is -4.85. The zero-order valence-electron chi connectivity index (χ0n) is 13.0. The topological polar surface area (TPSA) is 72.0 Å². The van der Waals surface area contributed by atoms with E-state index in [-0.39, 0.29) is 5.69 Å². The van der Waals surface area contributed by atoms with Crippen LogP contribution >= 0.6 is 22.9 Å². The lowest BCUT2D eigenvalue weighted by Crippen LogP contribution is -2.10. The number of halogens is 5. The maximum Gasteiger partial charge on any atom is 0.417 e. The number of anilines is 2. The molecule has 0 aliphatic rings. The first-order chi connectivity index (χ1) is 12.6. The molecule has 0 radical (unpaired) electrons. The lowest BCUT2D eigenvalue weighted by molar-refractivity contribution is -0.137. The molecule has 1 N–H and O–H groups in total. The second kappa shape index (κ2) is 7.06. The number of hydrogen-bond acceptors (Lipinski definition) is 6. The monoisotopic (exact) mass is 437 g/mol. The van der Waals surface area contributed by atoms with Gasteiger partial charge in [0.15, 0.2) is 0 Å². The molecular weight excluding hydrogens is 430 g/mol. The van der Waals surface area contributed by atoms with Crippen LogP contribution in [0, 0.1) is 5.82 Å². The standard InChI is InChI=1S/C15H8ClF4N3O2S2/c16-11-3-2-9(6-10(11)15(18,19)20)27(24,25)13-4-1-8(5-12(13)17)22-14-23-21-7-26-14/h1-7H,(H,22,23). The van der Waals surface area contributed by atoms with Gasteiger partial charge >= 0.3 is 6.18 Å². The van der Waals surface area contributed by atoms with Gasteiger partial charge in [-0.3, -0.25) is 0 Å². The van der Waals surface area contributed by atoms with Gasteiger partial charge in [-0.1, -0.05) is 22.9 Å². The predicted molar refractivity (Wildman–Crippen MR) is 91.5 cm³/mol. The molecule has 2 aromatic carbocycles. The quantitative estimate of drug-likeness (QED) is 0.586. The second-order valence-electron chi connectivity index (χ2n) is 5.16. The molecule has 0 fully saturated rings. The first-order valence-corrected chi connectivity index (χ1v) is 9.77. The summed E-state index contributed by atoms with van der Waals surface area (Å²) >= 11 is 6.63. The first kappa shape index (κ1) is 19.5. The van der Waals surface area contributed by atoms with E-state index in [9.17, 15) is 26.0 Å². The number of alkyl halides is 3. The summed E-state index contributed by atoms with van der Waals surface area (Å²) in [6.45, 7) is 0. The number of aromatic nitrogens is 2. The van der Waals surface area contributed by atoms with Gasteiger partial charge in [-0.25, -0.2) is 12.8 Å². The Morgan fingerprint density at radius 3 is 2.44 bits per heavy atom. The van der Waals surface area contributed by atoms with Gasteiger partial charge in [0, 0.05) is 5.69 Å². The van der Waals surface area contributed by atoms with Crippen molar-refractivity contribution in [2.45, 2.75) is 16.0 Å². The van der Waals surface area contributed by atoms with Crippen molar-refractivity contribution < 1.29 is 26.0 Å². The summed E-state index contributed by atoms with van der Waals surface area (Å²) in [5.74, 6) is -1.13. The normalized spacial score (nSPS) is 12.2. The summed E-state index contributed by atoms with van der Waals surface area (Å²) in [6, 6.07) is 5.19. The maximum atomic E-state index is 14.4. The average Bonchev–Trinajstić information content (AvgIpc) is 3.06. The van der Waals surface area contributed by atoms with E-state index in [0.717, 1.165) is 35.6 Å². The van der Waals surface area contributed by atoms with Gasteiger partial charge in [-0.15, -0.1) is 10.2 Å². The summed E-state index contributed by atoms with van der Waals surface area (Å²) in [4.78, 5) is -1.48. The molecular formula is C15H8ClF4N3O2S2. The first-order valence-electron chi connectivity index (χ1n) is 7.03. The number of nitrogens with zero attached hydrogens (tertiary/aromatic N) is 2. The van der Waals surface area contributed by atoms with Gasteiger partial charge in [0.1, 0.15) is 16.2 Å². The number of hydrogen-bond donors (Lipinski definition) is 1. The summed E-state index contributed by atoms with van der Waals surface area (Å²) in [7, 11) is -4.53. The second-order valence-corrected chi connectivity index (χ2v) is 8.32. The van der Waals surface area contributed by atoms with Crippen LogP contribution in [0.4, 0.5) is 28.4 Å². The molecule has 0 amide bonds. The molecule has 0 atom stereocenters. The van der Waals surface area contributed by atoms with E-state index in [1.807, 2.05) is 0 Å². The Kier molecular flexibility index (Phi) is 5.10. The zero-order chi connectivity index (χ0) is 19.8. The molecule has 0 aliphatic carbocycles. The third-order valence-corrected chi connectivity index (χ3v) is 6.11. The van der Waals surface area contributed by atoms with Crippen molar-refractivity contribution in [3.63, 3.8) is 0 Å². The van der Waals surface area contributed by atoms with Crippen molar-refractivity contribution in [3.05, 3.63) is 58.3 Å². The van der Waals surface area contributed by atoms with Crippen LogP contribution in [0.25, 0.3) is 0 Å². The smallest absolute Gasteiger partial charge is 0.330 e. The van der Waals surface area contributed by atoms with Crippen molar-refractivity contribution in [3.8, 4) is 0 Å². The molecule has 0 unspecified atom stereocenters. The Morgan fingerprint density at radius 2 is 1.85 bits per heavy atom. The minimum atomic E-state index is -4.85. The fraction of sp³-hybridized carbons (Fsp3) is 0.0667. The van der Waals surface area contributed by atoms with Crippen LogP contribution in [-0.4, -0.2) is 18.6 Å². The van der Waals surface area contributed by atoms with Crippen LogP contribution in [0.5, 0.6) is 0 Å². The lowest BCUT2D eigenvalue weighted by atomic mass is 10.2. The van der Waals surface area contributed by atoms with Crippen LogP contribution in [0.1, 0.15) is 5.56 Å². The van der Waals surface area contributed by atoms with Gasteiger partial charge in [0.25, 0.3) is 0 Å². The van der Waals surface area contributed by atoms with Crippen LogP contribution in [0.2, 0.25) is 5.02 Å². The Bertz CT molecular complexity index is 1090. The molecule has 0 saturated carbocycles. The minimum absolute atomic E-state index is 0.204. The van der Waals surface area contributed by atoms with E-state index in [1.165, 1.54) is 11.6 Å². The SMILES string of the molecule is O=S(=O)(c1ccc(Cl)c(C(F)(F)F)c1)c1ccc(Nc2nncs2)cc1F. The predicted octanol–water partition coefficient (Wildman–Crippen LogP) is 4.93. The van der Waals surface area contributed by atoms with Gasteiger partial charge in [0.2, 0.25) is 15.0 Å². The molecule has 27 heavy (non-hydrogen) atoms. The number of nitrogens with one attached hydrogen (secondary N) is 1. The van der Waals surface area contributed by atoms with Crippen LogP contribution < -0.4 is 5.32 Å². The van der Waals surface area contributed by atoms with Crippen LogP contribution in [0.15, 0.2) is 51.7 Å². The van der Waals surface area contributed by atoms with Gasteiger partial charge in [-0.2, -0.15) is 13.2 Å². The highest BCUT2D eigenvalue weighted by Crippen LogP contribution is 2.37. The summed E-state index contributed by atoms with van der Waals surface area (Å²) < 4.78 is 78.4. The lowest BCUT2D eigenvalue weighted by Gasteiger charge is -2.12. The molecule has 0 spiro atoms. The van der Waals surface area contributed by atoms with E-state index in [1.54, 1.807) is 0 Å². The highest BCUT2D eigenvalue weighted by Gasteiger charge is 2.35. The number of benzene rings is 2. The molecule has 1 heterocycles. The molecule has 0 saturated heterocycles. The van der Waals surface area contributed by atoms with E-state index >= 15 is 0 Å². The maximum absolute atomic E-state index is 14.4. The number of sulfone groups is 1. The molecule has 12 heteroatoms. The fourth-order valence-corrected chi connectivity index (χ4v) is 4.19. The van der Waals surface area contributed by atoms with Crippen molar-refractivity contribution >= 4 is 43.6 Å². The molecule has 0 bridgehead atoms. The Balaban J connectivity index is 2.00. The summed E-state index contributed by atoms with van der Waals surface area (Å²) in [5, 5.41) is 9.71. The Hall–Kier alpha value is -2.24. The minimum Gasteiger partial charge on any atom is -0.330 e. The van der Waals surface area contributed by atoms with Crippen molar-refractivity contribution in [1.29, 1.82) is 0 Å². The van der Waals surface area contributed by atoms with Crippen molar-refractivity contribution in [2.75, 3.05) is 5.32 Å². The van der Waals surface area contributed by atoms with E-state index in [0.29, 0.717) is 11.2 Å². The van der Waals surface area contributed by atoms with Crippen LogP contribution in [0.3, 0.4) is 0 Å². The van der Waals surface area contributed by atoms with E-state index in [2.05, 4.69) is 15.5 Å². The third kappa shape index (κ3) is 4.04.